The molecular formula is C7H4F3O4S-. The number of hydrogen-bond donors (Lipinski definition) is 0. The smallest absolute Gasteiger partial charge is 0.573 e. The van der Waals surface area contributed by atoms with Crippen molar-refractivity contribution in [1.82, 2.24) is 0 Å². The maximum absolute atomic E-state index is 11.7. The van der Waals surface area contributed by atoms with Crippen LogP contribution in [0.5, 0.6) is 5.75 Å². The van der Waals surface area contributed by atoms with Gasteiger partial charge in [-0.15, -0.1) is 13.2 Å². The Morgan fingerprint density at radius 1 is 1.27 bits per heavy atom. The normalized spacial score (nSPS) is 12.5. The van der Waals surface area contributed by atoms with E-state index in [0.29, 0.717) is 6.07 Å². The molecule has 84 valence electrons. The zero-order valence-electron chi connectivity index (χ0n) is 6.98. The lowest BCUT2D eigenvalue weighted by Crippen LogP contribution is -2.17. The summed E-state index contributed by atoms with van der Waals surface area (Å²) in [6.45, 7) is 0. The molecule has 0 fully saturated rings. The molecule has 0 saturated carbocycles. The second kappa shape index (κ2) is 3.70. The number of ether oxygens (including phenoxy) is 1. The first-order chi connectivity index (χ1) is 6.68. The lowest BCUT2D eigenvalue weighted by atomic mass is 10.3. The van der Waals surface area contributed by atoms with Crippen LogP contribution in [0.3, 0.4) is 0 Å². The monoisotopic (exact) mass is 241 g/mol. The first-order valence-electron chi connectivity index (χ1n) is 3.50. The number of alkyl halides is 3. The Morgan fingerprint density at radius 2 is 1.87 bits per heavy atom. The zero-order valence-corrected chi connectivity index (χ0v) is 7.80. The molecule has 0 aromatic heterocycles. The lowest BCUT2D eigenvalue weighted by molar-refractivity contribution is -0.274. The molecule has 0 N–H and O–H groups in total. The average Bonchev–Trinajstić information content (AvgIpc) is 1.99. The van der Waals surface area contributed by atoms with Crippen molar-refractivity contribution in [2.24, 2.45) is 0 Å². The van der Waals surface area contributed by atoms with Crippen LogP contribution in [-0.2, 0) is 10.1 Å². The fraction of sp³-hybridized carbons (Fsp3) is 0.143. The van der Waals surface area contributed by atoms with Crippen molar-refractivity contribution in [1.29, 1.82) is 0 Å². The molecule has 0 spiro atoms. The van der Waals surface area contributed by atoms with Crippen molar-refractivity contribution < 1.29 is 30.9 Å². The molecule has 1 aromatic carbocycles. The summed E-state index contributed by atoms with van der Waals surface area (Å²) >= 11 is 0. The Balaban J connectivity index is 3.04. The highest BCUT2D eigenvalue weighted by atomic mass is 32.2. The van der Waals surface area contributed by atoms with Gasteiger partial charge in [-0.3, -0.25) is 0 Å². The van der Waals surface area contributed by atoms with E-state index in [1.807, 2.05) is 0 Å². The van der Waals surface area contributed by atoms with E-state index in [0.717, 1.165) is 18.2 Å². The van der Waals surface area contributed by atoms with Gasteiger partial charge < -0.3 is 9.29 Å². The number of halogens is 3. The van der Waals surface area contributed by atoms with Crippen molar-refractivity contribution in [3.05, 3.63) is 24.3 Å². The standard InChI is InChI=1S/C7H5F3O4S/c8-7(9,10)14-5-2-1-3-6(4-5)15(11,12)13/h1-4H,(H,11,12,13)/p-1. The second-order valence-corrected chi connectivity index (χ2v) is 3.86. The summed E-state index contributed by atoms with van der Waals surface area (Å²) in [6.07, 6.45) is -4.93. The highest BCUT2D eigenvalue weighted by Crippen LogP contribution is 2.24. The summed E-state index contributed by atoms with van der Waals surface area (Å²) in [4.78, 5) is -0.774. The molecule has 0 heterocycles. The number of benzene rings is 1. The number of hydrogen-bond acceptors (Lipinski definition) is 4. The Kier molecular flexibility index (Phi) is 2.91. The summed E-state index contributed by atoms with van der Waals surface area (Å²) in [5.41, 5.74) is 0. The molecule has 0 atom stereocenters. The van der Waals surface area contributed by atoms with Gasteiger partial charge >= 0.3 is 6.36 Å². The van der Waals surface area contributed by atoms with Crippen molar-refractivity contribution in [2.45, 2.75) is 11.3 Å². The molecule has 0 aliphatic rings. The fourth-order valence-electron chi connectivity index (χ4n) is 0.827. The van der Waals surface area contributed by atoms with Gasteiger partial charge in [-0.1, -0.05) is 6.07 Å². The first-order valence-corrected chi connectivity index (χ1v) is 4.91. The van der Waals surface area contributed by atoms with E-state index < -0.39 is 27.1 Å². The van der Waals surface area contributed by atoms with Crippen LogP contribution in [0.4, 0.5) is 13.2 Å². The van der Waals surface area contributed by atoms with Gasteiger partial charge in [0.1, 0.15) is 15.9 Å². The predicted octanol–water partition coefficient (Wildman–Crippen LogP) is 1.49. The molecule has 0 aliphatic carbocycles. The maximum Gasteiger partial charge on any atom is 0.573 e. The minimum absolute atomic E-state index is 0.510. The van der Waals surface area contributed by atoms with Gasteiger partial charge in [0.25, 0.3) is 0 Å². The van der Waals surface area contributed by atoms with Crippen LogP contribution >= 0.6 is 0 Å². The third-order valence-electron chi connectivity index (χ3n) is 1.33. The average molecular weight is 241 g/mol. The Bertz CT molecular complexity index is 452. The van der Waals surface area contributed by atoms with Crippen LogP contribution < -0.4 is 4.74 Å². The van der Waals surface area contributed by atoms with E-state index in [4.69, 9.17) is 0 Å². The predicted molar refractivity (Wildman–Crippen MR) is 41.1 cm³/mol. The molecule has 1 aromatic rings. The van der Waals surface area contributed by atoms with Gasteiger partial charge in [-0.05, 0) is 18.2 Å². The van der Waals surface area contributed by atoms with E-state index in [1.54, 1.807) is 0 Å². The Labute approximate surface area is 83.0 Å². The van der Waals surface area contributed by atoms with Crippen molar-refractivity contribution in [3.8, 4) is 5.75 Å². The molecular weight excluding hydrogens is 237 g/mol. The summed E-state index contributed by atoms with van der Waals surface area (Å²) in [7, 11) is -4.78. The Morgan fingerprint density at radius 3 is 2.33 bits per heavy atom. The molecule has 0 bridgehead atoms. The second-order valence-electron chi connectivity index (χ2n) is 2.48. The van der Waals surface area contributed by atoms with E-state index in [-0.39, 0.29) is 0 Å². The lowest BCUT2D eigenvalue weighted by Gasteiger charge is -2.11. The molecule has 0 radical (unpaired) electrons. The minimum atomic E-state index is -4.93. The number of rotatable bonds is 2. The summed E-state index contributed by atoms with van der Waals surface area (Å²) < 4.78 is 70.0. The quantitative estimate of drug-likeness (QED) is 0.735. The molecule has 0 aliphatic heterocycles. The fourth-order valence-corrected chi connectivity index (χ4v) is 1.33. The SMILES string of the molecule is O=S(=O)([O-])c1cccc(OC(F)(F)F)c1. The van der Waals surface area contributed by atoms with Crippen LogP contribution in [0.2, 0.25) is 0 Å². The zero-order chi connectivity index (χ0) is 11.7. The van der Waals surface area contributed by atoms with Gasteiger partial charge in [-0.2, -0.15) is 0 Å². The Hall–Kier alpha value is -1.28. The van der Waals surface area contributed by atoms with Gasteiger partial charge in [0, 0.05) is 0 Å². The summed E-state index contributed by atoms with van der Waals surface area (Å²) in [5, 5.41) is 0. The highest BCUT2D eigenvalue weighted by molar-refractivity contribution is 7.85. The van der Waals surface area contributed by atoms with Crippen LogP contribution in [0, 0.1) is 0 Å². The van der Waals surface area contributed by atoms with Crippen LogP contribution in [0.15, 0.2) is 29.2 Å². The van der Waals surface area contributed by atoms with Gasteiger partial charge in [0.15, 0.2) is 0 Å². The van der Waals surface area contributed by atoms with E-state index >= 15 is 0 Å². The van der Waals surface area contributed by atoms with Crippen molar-refractivity contribution in [3.63, 3.8) is 0 Å². The van der Waals surface area contributed by atoms with Crippen molar-refractivity contribution in [2.75, 3.05) is 0 Å². The third kappa shape index (κ3) is 3.76. The minimum Gasteiger partial charge on any atom is -0.744 e. The van der Waals surface area contributed by atoms with Crippen molar-refractivity contribution >= 4 is 10.1 Å². The van der Waals surface area contributed by atoms with E-state index in [2.05, 4.69) is 4.74 Å². The summed E-state index contributed by atoms with van der Waals surface area (Å²) in [6, 6.07) is 3.26. The van der Waals surface area contributed by atoms with Crippen LogP contribution in [0.1, 0.15) is 0 Å². The first kappa shape index (κ1) is 11.8. The third-order valence-corrected chi connectivity index (χ3v) is 2.16. The van der Waals surface area contributed by atoms with Gasteiger partial charge in [0.2, 0.25) is 0 Å². The largest absolute Gasteiger partial charge is 0.744 e. The molecule has 0 amide bonds. The topological polar surface area (TPSA) is 66.4 Å². The molecule has 15 heavy (non-hydrogen) atoms. The van der Waals surface area contributed by atoms with Gasteiger partial charge in [0.05, 0.1) is 4.90 Å². The molecule has 8 heteroatoms. The van der Waals surface area contributed by atoms with Crippen LogP contribution in [-0.4, -0.2) is 19.3 Å². The van der Waals surface area contributed by atoms with E-state index in [9.17, 15) is 26.1 Å². The molecule has 4 nitrogen and oxygen atoms in total. The molecule has 0 saturated heterocycles. The summed E-state index contributed by atoms with van der Waals surface area (Å²) in [5.74, 6) is -0.751. The van der Waals surface area contributed by atoms with Crippen LogP contribution in [0.25, 0.3) is 0 Å². The van der Waals surface area contributed by atoms with E-state index in [1.165, 1.54) is 0 Å². The molecule has 1 rings (SSSR count). The maximum atomic E-state index is 11.7. The molecule has 0 unspecified atom stereocenters. The highest BCUT2D eigenvalue weighted by Gasteiger charge is 2.31. The van der Waals surface area contributed by atoms with Gasteiger partial charge in [-0.25, -0.2) is 8.42 Å².